The first-order valence-electron chi connectivity index (χ1n) is 5.33. The van der Waals surface area contributed by atoms with Crippen LogP contribution < -0.4 is 11.5 Å². The summed E-state index contributed by atoms with van der Waals surface area (Å²) in [5.41, 5.74) is 11.6. The summed E-state index contributed by atoms with van der Waals surface area (Å²) < 4.78 is 0. The van der Waals surface area contributed by atoms with Gasteiger partial charge in [-0.3, -0.25) is 4.90 Å². The number of nitrogens with zero attached hydrogens (tertiary/aromatic N) is 2. The molecule has 84 valence electrons. The molecule has 2 unspecified atom stereocenters. The molecule has 0 bridgehead atoms. The minimum Gasteiger partial charge on any atom is -0.375 e. The molecule has 4 nitrogen and oxygen atoms in total. The Morgan fingerprint density at radius 1 is 1.67 bits per heavy atom. The number of aromatic nitrogens is 1. The summed E-state index contributed by atoms with van der Waals surface area (Å²) in [6, 6.07) is 0.368. The predicted octanol–water partition coefficient (Wildman–Crippen LogP) is 0.894. The van der Waals surface area contributed by atoms with Crippen LogP contribution in [0.1, 0.15) is 18.2 Å². The second-order valence-electron chi connectivity index (χ2n) is 4.33. The molecule has 0 saturated carbocycles. The largest absolute Gasteiger partial charge is 0.375 e. The number of rotatable bonds is 2. The maximum Gasteiger partial charge on any atom is 0.180 e. The van der Waals surface area contributed by atoms with E-state index >= 15 is 0 Å². The van der Waals surface area contributed by atoms with E-state index in [0.29, 0.717) is 17.1 Å². The van der Waals surface area contributed by atoms with E-state index < -0.39 is 0 Å². The van der Waals surface area contributed by atoms with Crippen molar-refractivity contribution in [2.24, 2.45) is 11.7 Å². The van der Waals surface area contributed by atoms with Crippen molar-refractivity contribution in [2.75, 3.05) is 18.8 Å². The van der Waals surface area contributed by atoms with E-state index in [1.54, 1.807) is 11.3 Å². The van der Waals surface area contributed by atoms with Gasteiger partial charge in [0.05, 0.1) is 0 Å². The van der Waals surface area contributed by atoms with Gasteiger partial charge in [-0.05, 0) is 12.3 Å². The molecule has 0 aliphatic carbocycles. The Morgan fingerprint density at radius 2 is 2.47 bits per heavy atom. The standard InChI is InChI=1S/C10H18N4S/c1-7-5-14(3-2-9(7)11)6-8-4-13-10(12)15-8/h4,7,9H,2-3,5-6,11H2,1H3,(H2,12,13). The highest BCUT2D eigenvalue weighted by Gasteiger charge is 2.23. The Labute approximate surface area is 94.3 Å². The lowest BCUT2D eigenvalue weighted by atomic mass is 9.95. The van der Waals surface area contributed by atoms with Crippen molar-refractivity contribution < 1.29 is 0 Å². The van der Waals surface area contributed by atoms with Crippen LogP contribution in [0, 0.1) is 5.92 Å². The molecule has 4 N–H and O–H groups in total. The average Bonchev–Trinajstić information content (AvgIpc) is 2.58. The molecule has 2 rings (SSSR count). The molecule has 1 saturated heterocycles. The van der Waals surface area contributed by atoms with E-state index in [-0.39, 0.29) is 0 Å². The smallest absolute Gasteiger partial charge is 0.180 e. The lowest BCUT2D eigenvalue weighted by molar-refractivity contribution is 0.159. The van der Waals surface area contributed by atoms with Crippen LogP contribution in [0.25, 0.3) is 0 Å². The second-order valence-corrected chi connectivity index (χ2v) is 5.48. The molecule has 5 heteroatoms. The average molecular weight is 226 g/mol. The highest BCUT2D eigenvalue weighted by molar-refractivity contribution is 7.15. The summed E-state index contributed by atoms with van der Waals surface area (Å²) in [7, 11) is 0. The molecule has 0 spiro atoms. The van der Waals surface area contributed by atoms with Crippen molar-refractivity contribution in [1.29, 1.82) is 0 Å². The van der Waals surface area contributed by atoms with Crippen LogP contribution in [-0.2, 0) is 6.54 Å². The fraction of sp³-hybridized carbons (Fsp3) is 0.700. The van der Waals surface area contributed by atoms with E-state index in [1.807, 2.05) is 6.20 Å². The Balaban J connectivity index is 1.90. The van der Waals surface area contributed by atoms with Crippen molar-refractivity contribution in [3.05, 3.63) is 11.1 Å². The van der Waals surface area contributed by atoms with Crippen molar-refractivity contribution in [3.63, 3.8) is 0 Å². The minimum atomic E-state index is 0.368. The molecule has 0 amide bonds. The van der Waals surface area contributed by atoms with Crippen LogP contribution in [0.5, 0.6) is 0 Å². The number of piperidine rings is 1. The zero-order chi connectivity index (χ0) is 10.8. The Bertz CT molecular complexity index is 325. The number of nitrogens with two attached hydrogens (primary N) is 2. The molecule has 15 heavy (non-hydrogen) atoms. The number of hydrogen-bond donors (Lipinski definition) is 2. The first-order chi connectivity index (χ1) is 7.15. The van der Waals surface area contributed by atoms with E-state index in [9.17, 15) is 0 Å². The normalized spacial score (nSPS) is 28.1. The SMILES string of the molecule is CC1CN(Cc2cnc(N)s2)CCC1N. The first kappa shape index (κ1) is 10.9. The molecular weight excluding hydrogens is 208 g/mol. The highest BCUT2D eigenvalue weighted by Crippen LogP contribution is 2.20. The van der Waals surface area contributed by atoms with E-state index in [1.165, 1.54) is 4.88 Å². The minimum absolute atomic E-state index is 0.368. The highest BCUT2D eigenvalue weighted by atomic mass is 32.1. The molecule has 1 aromatic rings. The van der Waals surface area contributed by atoms with Crippen molar-refractivity contribution in [1.82, 2.24) is 9.88 Å². The summed E-state index contributed by atoms with van der Waals surface area (Å²) in [6.07, 6.45) is 2.97. The molecule has 0 radical (unpaired) electrons. The van der Waals surface area contributed by atoms with Gasteiger partial charge in [0.25, 0.3) is 0 Å². The zero-order valence-corrected chi connectivity index (χ0v) is 9.83. The van der Waals surface area contributed by atoms with Gasteiger partial charge in [-0.15, -0.1) is 11.3 Å². The number of likely N-dealkylation sites (tertiary alicyclic amines) is 1. The van der Waals surface area contributed by atoms with Crippen LogP contribution in [-0.4, -0.2) is 29.0 Å². The lowest BCUT2D eigenvalue weighted by Gasteiger charge is -2.34. The van der Waals surface area contributed by atoms with Gasteiger partial charge in [-0.25, -0.2) is 4.98 Å². The molecule has 1 fully saturated rings. The van der Waals surface area contributed by atoms with Gasteiger partial charge < -0.3 is 11.5 Å². The quantitative estimate of drug-likeness (QED) is 0.786. The van der Waals surface area contributed by atoms with Crippen molar-refractivity contribution in [3.8, 4) is 0 Å². The Kier molecular flexibility index (Phi) is 3.23. The summed E-state index contributed by atoms with van der Waals surface area (Å²) >= 11 is 1.58. The van der Waals surface area contributed by atoms with Crippen LogP contribution in [0.4, 0.5) is 5.13 Å². The third-order valence-electron chi connectivity index (χ3n) is 3.01. The van der Waals surface area contributed by atoms with E-state index in [2.05, 4.69) is 16.8 Å². The van der Waals surface area contributed by atoms with Gasteiger partial charge in [0.2, 0.25) is 0 Å². The second kappa shape index (κ2) is 4.47. The number of thiazole rings is 1. The summed E-state index contributed by atoms with van der Waals surface area (Å²) in [6.45, 7) is 5.35. The van der Waals surface area contributed by atoms with Gasteiger partial charge in [-0.2, -0.15) is 0 Å². The summed E-state index contributed by atoms with van der Waals surface area (Å²) in [5, 5.41) is 0.659. The molecule has 1 aromatic heterocycles. The molecule has 2 heterocycles. The van der Waals surface area contributed by atoms with E-state index in [4.69, 9.17) is 11.5 Å². The molecule has 2 atom stereocenters. The molecular formula is C10H18N4S. The van der Waals surface area contributed by atoms with Crippen LogP contribution >= 0.6 is 11.3 Å². The lowest BCUT2D eigenvalue weighted by Crippen LogP contribution is -2.45. The topological polar surface area (TPSA) is 68.2 Å². The molecule has 1 aliphatic heterocycles. The molecule has 1 aliphatic rings. The van der Waals surface area contributed by atoms with Crippen LogP contribution in [0.3, 0.4) is 0 Å². The van der Waals surface area contributed by atoms with E-state index in [0.717, 1.165) is 26.1 Å². The van der Waals surface area contributed by atoms with Crippen molar-refractivity contribution >= 4 is 16.5 Å². The predicted molar refractivity (Wildman–Crippen MR) is 63.6 cm³/mol. The number of hydrogen-bond acceptors (Lipinski definition) is 5. The van der Waals surface area contributed by atoms with Crippen molar-refractivity contribution in [2.45, 2.75) is 25.9 Å². The molecule has 0 aromatic carbocycles. The third-order valence-corrected chi connectivity index (χ3v) is 3.82. The monoisotopic (exact) mass is 226 g/mol. The maximum absolute atomic E-state index is 5.98. The Hall–Kier alpha value is -0.650. The van der Waals surface area contributed by atoms with Crippen LogP contribution in [0.15, 0.2) is 6.20 Å². The van der Waals surface area contributed by atoms with Gasteiger partial charge in [0.15, 0.2) is 5.13 Å². The fourth-order valence-corrected chi connectivity index (χ4v) is 2.74. The van der Waals surface area contributed by atoms with Gasteiger partial charge in [0, 0.05) is 36.8 Å². The Morgan fingerprint density at radius 3 is 3.07 bits per heavy atom. The van der Waals surface area contributed by atoms with Gasteiger partial charge >= 0.3 is 0 Å². The summed E-state index contributed by atoms with van der Waals surface area (Å²) in [4.78, 5) is 7.74. The van der Waals surface area contributed by atoms with Gasteiger partial charge in [-0.1, -0.05) is 6.92 Å². The maximum atomic E-state index is 5.98. The summed E-state index contributed by atoms with van der Waals surface area (Å²) in [5.74, 6) is 0.587. The number of anilines is 1. The number of nitrogen functional groups attached to an aromatic ring is 1. The first-order valence-corrected chi connectivity index (χ1v) is 6.15. The van der Waals surface area contributed by atoms with Crippen LogP contribution in [0.2, 0.25) is 0 Å². The zero-order valence-electron chi connectivity index (χ0n) is 9.02. The van der Waals surface area contributed by atoms with Gasteiger partial charge in [0.1, 0.15) is 0 Å². The third kappa shape index (κ3) is 2.68. The fourth-order valence-electron chi connectivity index (χ4n) is 2.01.